The zero-order chi connectivity index (χ0) is 21.3. The average molecular weight is 524 g/mol. The third kappa shape index (κ3) is 4.90. The number of benzene rings is 1. The number of ether oxygens (including phenoxy) is 1. The minimum Gasteiger partial charge on any atom is -0.492 e. The van der Waals surface area contributed by atoms with Crippen molar-refractivity contribution in [2.75, 3.05) is 6.61 Å². The number of carbonyl (C=O) groups is 1. The lowest BCUT2D eigenvalue weighted by atomic mass is 10.00. The van der Waals surface area contributed by atoms with Gasteiger partial charge in [0.1, 0.15) is 5.75 Å². The highest BCUT2D eigenvalue weighted by Gasteiger charge is 2.81. The lowest BCUT2D eigenvalue weighted by Gasteiger charge is -2.33. The number of carboxylic acid groups (broad SMARTS) is 1. The van der Waals surface area contributed by atoms with Gasteiger partial charge in [-0.25, -0.2) is 4.79 Å². The molecule has 0 aromatic heterocycles. The Morgan fingerprint density at radius 2 is 1.56 bits per heavy atom. The number of hydrogen-bond acceptors (Lipinski definition) is 2. The van der Waals surface area contributed by atoms with Crippen LogP contribution in [-0.2, 0) is 0 Å². The summed E-state index contributed by atoms with van der Waals surface area (Å²) in [6.45, 7) is -0.703. The molecule has 1 aromatic rings. The van der Waals surface area contributed by atoms with Crippen LogP contribution in [0.4, 0.5) is 39.5 Å². The van der Waals surface area contributed by atoms with Crippen LogP contribution < -0.4 is 4.74 Å². The molecule has 0 amide bonds. The molecule has 1 aromatic carbocycles. The molecular weight excluding hydrogens is 514 g/mol. The number of alkyl halides is 9. The molecule has 0 aliphatic rings. The zero-order valence-electron chi connectivity index (χ0n) is 12.9. The van der Waals surface area contributed by atoms with Crippen LogP contribution in [0.25, 0.3) is 0 Å². The molecule has 154 valence electrons. The molecule has 0 unspecified atom stereocenters. The van der Waals surface area contributed by atoms with Gasteiger partial charge in [0.2, 0.25) is 0 Å². The fourth-order valence-electron chi connectivity index (χ4n) is 1.79. The maximum absolute atomic E-state index is 13.3. The Balaban J connectivity index is 2.74. The highest BCUT2D eigenvalue weighted by molar-refractivity contribution is 14.1. The summed E-state index contributed by atoms with van der Waals surface area (Å²) in [6, 6.07) is 3.41. The van der Waals surface area contributed by atoms with Crippen molar-refractivity contribution < 1.29 is 54.2 Å². The summed E-state index contributed by atoms with van der Waals surface area (Å²) in [4.78, 5) is 10.7. The van der Waals surface area contributed by atoms with Gasteiger partial charge in [-0.3, -0.25) is 0 Å². The molecule has 0 fully saturated rings. The van der Waals surface area contributed by atoms with Gasteiger partial charge < -0.3 is 9.84 Å². The van der Waals surface area contributed by atoms with E-state index < -0.39 is 49.4 Å². The summed E-state index contributed by atoms with van der Waals surface area (Å²) in [5.41, 5.74) is -0.118. The highest BCUT2D eigenvalue weighted by atomic mass is 127. The first kappa shape index (κ1) is 23.6. The van der Waals surface area contributed by atoms with E-state index in [2.05, 4.69) is 0 Å². The predicted molar refractivity (Wildman–Crippen MR) is 81.7 cm³/mol. The fourth-order valence-corrected chi connectivity index (χ4v) is 2.46. The Morgan fingerprint density at radius 1 is 1.00 bits per heavy atom. The van der Waals surface area contributed by atoms with Crippen molar-refractivity contribution in [3.8, 4) is 5.75 Å². The van der Waals surface area contributed by atoms with Crippen molar-refractivity contribution in [2.24, 2.45) is 0 Å². The molecule has 0 saturated heterocycles. The maximum Gasteiger partial charge on any atom is 0.460 e. The average Bonchev–Trinajstić information content (AvgIpc) is 2.51. The molecule has 0 heterocycles. The van der Waals surface area contributed by atoms with Gasteiger partial charge in [0, 0.05) is 6.42 Å². The number of hydrogen-bond donors (Lipinski definition) is 1. The van der Waals surface area contributed by atoms with Gasteiger partial charge in [-0.2, -0.15) is 39.5 Å². The minimum absolute atomic E-state index is 0.00343. The molecule has 13 heteroatoms. The summed E-state index contributed by atoms with van der Waals surface area (Å²) in [6.07, 6.45) is -9.80. The van der Waals surface area contributed by atoms with Crippen molar-refractivity contribution >= 4 is 28.6 Å². The summed E-state index contributed by atoms with van der Waals surface area (Å²) >= 11 is 1.64. The highest BCUT2D eigenvalue weighted by Crippen LogP contribution is 2.54. The number of carboxylic acids is 1. The molecule has 0 aliphatic heterocycles. The van der Waals surface area contributed by atoms with E-state index in [1.54, 1.807) is 22.6 Å². The molecule has 1 rings (SSSR count). The van der Waals surface area contributed by atoms with Crippen molar-refractivity contribution in [2.45, 2.75) is 36.8 Å². The molecular formula is C14H10F9IO3. The monoisotopic (exact) mass is 524 g/mol. The van der Waals surface area contributed by atoms with Crippen LogP contribution in [-0.4, -0.2) is 41.6 Å². The molecule has 0 bridgehead atoms. The van der Waals surface area contributed by atoms with Crippen LogP contribution in [0.15, 0.2) is 18.2 Å². The van der Waals surface area contributed by atoms with Gasteiger partial charge in [-0.15, -0.1) is 0 Å². The first-order chi connectivity index (χ1) is 12.0. The summed E-state index contributed by atoms with van der Waals surface area (Å²) < 4.78 is 119. The third-order valence-electron chi connectivity index (χ3n) is 3.28. The van der Waals surface area contributed by atoms with Crippen LogP contribution in [0, 0.1) is 3.57 Å². The molecule has 0 atom stereocenters. The van der Waals surface area contributed by atoms with E-state index in [0.717, 1.165) is 18.2 Å². The van der Waals surface area contributed by atoms with Crippen molar-refractivity contribution in [1.82, 2.24) is 0 Å². The van der Waals surface area contributed by atoms with Gasteiger partial charge in [-0.1, -0.05) is 0 Å². The Labute approximate surface area is 159 Å². The smallest absolute Gasteiger partial charge is 0.460 e. The minimum atomic E-state index is -6.91. The van der Waals surface area contributed by atoms with E-state index in [0.29, 0.717) is 0 Å². The fraction of sp³-hybridized carbons (Fsp3) is 0.500. The number of aromatic carboxylic acids is 1. The van der Waals surface area contributed by atoms with E-state index in [1.807, 2.05) is 0 Å². The van der Waals surface area contributed by atoms with E-state index in [1.165, 1.54) is 0 Å². The second-order valence-corrected chi connectivity index (χ2v) is 6.42. The molecule has 0 radical (unpaired) electrons. The predicted octanol–water partition coefficient (Wildman–Crippen LogP) is 5.62. The third-order valence-corrected chi connectivity index (χ3v) is 4.12. The summed E-state index contributed by atoms with van der Waals surface area (Å²) in [5.74, 6) is -20.5. The van der Waals surface area contributed by atoms with E-state index >= 15 is 0 Å². The van der Waals surface area contributed by atoms with Gasteiger partial charge in [0.05, 0.1) is 15.7 Å². The second kappa shape index (κ2) is 7.91. The normalized spacial score (nSPS) is 13.6. The molecule has 27 heavy (non-hydrogen) atoms. The summed E-state index contributed by atoms with van der Waals surface area (Å²) in [5, 5.41) is 8.76. The van der Waals surface area contributed by atoms with Gasteiger partial charge in [0.25, 0.3) is 0 Å². The van der Waals surface area contributed by atoms with Crippen molar-refractivity contribution in [1.29, 1.82) is 0 Å². The lowest BCUT2D eigenvalue weighted by molar-refractivity contribution is -0.396. The van der Waals surface area contributed by atoms with Crippen molar-refractivity contribution in [3.63, 3.8) is 0 Å². The molecule has 1 N–H and O–H groups in total. The first-order valence-corrected chi connectivity index (χ1v) is 7.98. The Kier molecular flexibility index (Phi) is 6.92. The molecule has 0 saturated carbocycles. The summed E-state index contributed by atoms with van der Waals surface area (Å²) in [7, 11) is 0. The van der Waals surface area contributed by atoms with Crippen molar-refractivity contribution in [3.05, 3.63) is 27.3 Å². The van der Waals surface area contributed by atoms with Gasteiger partial charge >= 0.3 is 29.9 Å². The van der Waals surface area contributed by atoms with Gasteiger partial charge in [-0.05, 0) is 47.2 Å². The number of halogens is 10. The standard InChI is InChI=1S/C14H10F9IO3/c15-11(16,12(17,18)13(19,20)14(21,22)23)4-1-5-27-9-3-2-7(10(25)26)6-8(9)24/h2-3,6H,1,4-5H2,(H,25,26). The van der Waals surface area contributed by atoms with Crippen LogP contribution in [0.1, 0.15) is 23.2 Å². The lowest BCUT2D eigenvalue weighted by Crippen LogP contribution is -2.60. The SMILES string of the molecule is O=C(O)c1ccc(OCCCC(F)(F)C(F)(F)C(F)(F)C(F)(F)F)c(I)c1. The van der Waals surface area contributed by atoms with Crippen LogP contribution in [0.5, 0.6) is 5.75 Å². The molecule has 0 aliphatic carbocycles. The first-order valence-electron chi connectivity index (χ1n) is 6.90. The van der Waals surface area contributed by atoms with Crippen LogP contribution in [0.2, 0.25) is 0 Å². The quantitative estimate of drug-likeness (QED) is 0.273. The number of rotatable bonds is 8. The maximum atomic E-state index is 13.3. The van der Waals surface area contributed by atoms with Gasteiger partial charge in [0.15, 0.2) is 0 Å². The largest absolute Gasteiger partial charge is 0.492 e. The van der Waals surface area contributed by atoms with E-state index in [4.69, 9.17) is 9.84 Å². The van der Waals surface area contributed by atoms with E-state index in [-0.39, 0.29) is 14.9 Å². The Morgan fingerprint density at radius 3 is 2.00 bits per heavy atom. The van der Waals surface area contributed by atoms with Crippen LogP contribution in [0.3, 0.4) is 0 Å². The Hall–Kier alpha value is -1.41. The second-order valence-electron chi connectivity index (χ2n) is 5.25. The Bertz CT molecular complexity index is 689. The zero-order valence-corrected chi connectivity index (χ0v) is 15.1. The molecule has 3 nitrogen and oxygen atoms in total. The van der Waals surface area contributed by atoms with E-state index in [9.17, 15) is 44.3 Å². The van der Waals surface area contributed by atoms with Crippen LogP contribution >= 0.6 is 22.6 Å². The molecule has 0 spiro atoms. The topological polar surface area (TPSA) is 46.5 Å².